The summed E-state index contributed by atoms with van der Waals surface area (Å²) in [6, 6.07) is 20.4. The lowest BCUT2D eigenvalue weighted by molar-refractivity contribution is -0.139. The average Bonchev–Trinajstić information content (AvgIpc) is 3.45. The summed E-state index contributed by atoms with van der Waals surface area (Å²) < 4.78 is 5.60. The van der Waals surface area contributed by atoms with Crippen LogP contribution in [0.4, 0.5) is 0 Å². The molecule has 5 rings (SSSR count). The monoisotopic (exact) mass is 558 g/mol. The molecule has 0 spiro atoms. The molecule has 186 valence electrons. The third kappa shape index (κ3) is 4.56. The predicted octanol–water partition coefficient (Wildman–Crippen LogP) is 5.38. The van der Waals surface area contributed by atoms with E-state index in [9.17, 15) is 19.5 Å². The van der Waals surface area contributed by atoms with E-state index in [-0.39, 0.29) is 17.9 Å². The van der Waals surface area contributed by atoms with Crippen molar-refractivity contribution < 1.29 is 24.2 Å². The smallest absolute Gasteiger partial charge is 0.337 e. The maximum absolute atomic E-state index is 13.3. The first kappa shape index (κ1) is 24.5. The van der Waals surface area contributed by atoms with Crippen molar-refractivity contribution >= 4 is 50.3 Å². The zero-order chi connectivity index (χ0) is 26.1. The van der Waals surface area contributed by atoms with Crippen molar-refractivity contribution in [3.63, 3.8) is 0 Å². The van der Waals surface area contributed by atoms with E-state index in [2.05, 4.69) is 20.9 Å². The maximum atomic E-state index is 13.3. The highest BCUT2D eigenvalue weighted by atomic mass is 79.9. The summed E-state index contributed by atoms with van der Waals surface area (Å²) in [6.45, 7) is 0.257. The second kappa shape index (κ2) is 10.1. The van der Waals surface area contributed by atoms with E-state index in [0.717, 1.165) is 20.9 Å². The number of H-pyrrole nitrogens is 1. The summed E-state index contributed by atoms with van der Waals surface area (Å²) >= 11 is 3.37. The van der Waals surface area contributed by atoms with Gasteiger partial charge in [0, 0.05) is 33.7 Å². The zero-order valence-electron chi connectivity index (χ0n) is 19.9. The summed E-state index contributed by atoms with van der Waals surface area (Å²) in [5.74, 6) is -2.17. The van der Waals surface area contributed by atoms with Crippen LogP contribution in [0.1, 0.15) is 33.1 Å². The Balaban J connectivity index is 1.56. The Morgan fingerprint density at radius 3 is 2.38 bits per heavy atom. The molecule has 1 aliphatic rings. The SMILES string of the molecule is COC(=O)c1ccc([C@@H]2C(=C(O)c3ccc(Br)cc3)C(=O)C(=O)N2CCc2c[nH]c3ccccc23)cc1. The van der Waals surface area contributed by atoms with Gasteiger partial charge >= 0.3 is 5.97 Å². The number of ether oxygens (including phenoxy) is 1. The fourth-order valence-corrected chi connectivity index (χ4v) is 4.98. The minimum Gasteiger partial charge on any atom is -0.507 e. The highest BCUT2D eigenvalue weighted by Crippen LogP contribution is 2.40. The van der Waals surface area contributed by atoms with E-state index in [0.29, 0.717) is 23.1 Å². The number of nitrogens with zero attached hydrogens (tertiary/aromatic N) is 1. The summed E-state index contributed by atoms with van der Waals surface area (Å²) in [5.41, 5.74) is 3.39. The van der Waals surface area contributed by atoms with E-state index in [1.807, 2.05) is 30.5 Å². The van der Waals surface area contributed by atoms with Crippen LogP contribution >= 0.6 is 15.9 Å². The lowest BCUT2D eigenvalue weighted by Crippen LogP contribution is -2.31. The number of amides is 1. The Kier molecular flexibility index (Phi) is 6.67. The van der Waals surface area contributed by atoms with Crippen molar-refractivity contribution in [1.82, 2.24) is 9.88 Å². The van der Waals surface area contributed by atoms with Crippen molar-refractivity contribution in [3.8, 4) is 0 Å². The van der Waals surface area contributed by atoms with Crippen molar-refractivity contribution in [2.45, 2.75) is 12.5 Å². The summed E-state index contributed by atoms with van der Waals surface area (Å²) in [6.07, 6.45) is 2.41. The number of para-hydroxylation sites is 1. The van der Waals surface area contributed by atoms with Gasteiger partial charge < -0.3 is 19.7 Å². The average molecular weight is 559 g/mol. The Hall–Kier alpha value is -4.17. The van der Waals surface area contributed by atoms with Crippen LogP contribution in [0.25, 0.3) is 16.7 Å². The molecule has 0 bridgehead atoms. The van der Waals surface area contributed by atoms with Crippen molar-refractivity contribution in [1.29, 1.82) is 0 Å². The minimum atomic E-state index is -0.819. The number of methoxy groups -OCH3 is 1. The van der Waals surface area contributed by atoms with Gasteiger partial charge in [0.2, 0.25) is 0 Å². The van der Waals surface area contributed by atoms with Crippen molar-refractivity contribution in [2.75, 3.05) is 13.7 Å². The largest absolute Gasteiger partial charge is 0.507 e. The molecule has 2 N–H and O–H groups in total. The zero-order valence-corrected chi connectivity index (χ0v) is 21.5. The number of Topliss-reactive ketones (excluding diaryl/α,β-unsaturated/α-hetero) is 1. The van der Waals surface area contributed by atoms with Crippen LogP contribution in [0.15, 0.2) is 89.0 Å². The number of halogens is 1. The predicted molar refractivity (Wildman–Crippen MR) is 143 cm³/mol. The van der Waals surface area contributed by atoms with Crippen LogP contribution in [-0.2, 0) is 20.7 Å². The van der Waals surface area contributed by atoms with Crippen LogP contribution in [0.5, 0.6) is 0 Å². The van der Waals surface area contributed by atoms with Crippen LogP contribution in [0, 0.1) is 0 Å². The summed E-state index contributed by atoms with van der Waals surface area (Å²) in [7, 11) is 1.30. The number of hydrogen-bond donors (Lipinski definition) is 2. The second-order valence-electron chi connectivity index (χ2n) is 8.72. The number of likely N-dealkylation sites (tertiary alicyclic amines) is 1. The number of aromatic nitrogens is 1. The number of carbonyl (C=O) groups is 3. The lowest BCUT2D eigenvalue weighted by Gasteiger charge is -2.25. The minimum absolute atomic E-state index is 0.0112. The Bertz CT molecular complexity index is 1540. The number of ketones is 1. The number of benzene rings is 3. The first-order valence-corrected chi connectivity index (χ1v) is 12.5. The third-order valence-corrected chi connectivity index (χ3v) is 7.13. The Labute approximate surface area is 221 Å². The van der Waals surface area contributed by atoms with Crippen molar-refractivity contribution in [2.24, 2.45) is 0 Å². The molecule has 37 heavy (non-hydrogen) atoms. The first-order valence-electron chi connectivity index (χ1n) is 11.7. The van der Waals surface area contributed by atoms with Gasteiger partial charge in [-0.3, -0.25) is 9.59 Å². The topological polar surface area (TPSA) is 99.7 Å². The molecule has 1 aromatic heterocycles. The van der Waals surface area contributed by atoms with Gasteiger partial charge in [0.25, 0.3) is 11.7 Å². The summed E-state index contributed by atoms with van der Waals surface area (Å²) in [4.78, 5) is 43.2. The molecule has 1 fully saturated rings. The van der Waals surface area contributed by atoms with Crippen LogP contribution in [0.3, 0.4) is 0 Å². The molecular weight excluding hydrogens is 536 g/mol. The number of fused-ring (bicyclic) bond motifs is 1. The molecule has 0 radical (unpaired) electrons. The highest BCUT2D eigenvalue weighted by Gasteiger charge is 2.45. The van der Waals surface area contributed by atoms with Gasteiger partial charge in [-0.05, 0) is 47.9 Å². The number of aliphatic hydroxyl groups excluding tert-OH is 1. The van der Waals surface area contributed by atoms with Gasteiger partial charge in [-0.2, -0.15) is 0 Å². The number of hydrogen-bond acceptors (Lipinski definition) is 5. The molecule has 2 heterocycles. The molecule has 0 saturated carbocycles. The standard InChI is InChI=1S/C29H23BrN2O5/c1-37-29(36)19-8-6-17(7-9-19)25-24(26(33)18-10-12-21(30)13-11-18)27(34)28(35)32(25)15-14-20-16-31-23-5-3-2-4-22(20)23/h2-13,16,25,31,33H,14-15H2,1H3/t25-/m1/s1. The molecule has 0 unspecified atom stereocenters. The second-order valence-corrected chi connectivity index (χ2v) is 9.64. The van der Waals surface area contributed by atoms with Gasteiger partial charge in [0.1, 0.15) is 5.76 Å². The molecule has 4 aromatic rings. The fourth-order valence-electron chi connectivity index (χ4n) is 4.72. The number of rotatable bonds is 6. The van der Waals surface area contributed by atoms with E-state index in [1.54, 1.807) is 48.5 Å². The van der Waals surface area contributed by atoms with Crippen LogP contribution in [-0.4, -0.2) is 46.3 Å². The van der Waals surface area contributed by atoms with E-state index in [4.69, 9.17) is 4.74 Å². The molecule has 1 aliphatic heterocycles. The van der Waals surface area contributed by atoms with Gasteiger partial charge in [-0.25, -0.2) is 4.79 Å². The van der Waals surface area contributed by atoms with Gasteiger partial charge in [-0.1, -0.05) is 58.4 Å². The van der Waals surface area contributed by atoms with Crippen LogP contribution in [0.2, 0.25) is 0 Å². The fraction of sp³-hybridized carbons (Fsp3) is 0.138. The lowest BCUT2D eigenvalue weighted by atomic mass is 9.94. The number of nitrogens with one attached hydrogen (secondary N) is 1. The molecule has 7 nitrogen and oxygen atoms in total. The molecule has 1 atom stereocenters. The van der Waals surface area contributed by atoms with E-state index < -0.39 is 23.7 Å². The Morgan fingerprint density at radius 1 is 1.00 bits per heavy atom. The quantitative estimate of drug-likeness (QED) is 0.143. The van der Waals surface area contributed by atoms with Crippen LogP contribution < -0.4 is 0 Å². The third-order valence-electron chi connectivity index (χ3n) is 6.60. The van der Waals surface area contributed by atoms with E-state index >= 15 is 0 Å². The molecule has 1 saturated heterocycles. The van der Waals surface area contributed by atoms with Gasteiger partial charge in [0.05, 0.1) is 24.3 Å². The Morgan fingerprint density at radius 2 is 1.68 bits per heavy atom. The number of aromatic amines is 1. The highest BCUT2D eigenvalue weighted by molar-refractivity contribution is 9.10. The molecule has 0 aliphatic carbocycles. The maximum Gasteiger partial charge on any atom is 0.337 e. The number of carbonyl (C=O) groups excluding carboxylic acids is 3. The summed E-state index contributed by atoms with van der Waals surface area (Å²) in [5, 5.41) is 12.3. The number of esters is 1. The molecule has 3 aromatic carbocycles. The first-order chi connectivity index (χ1) is 17.9. The molecule has 1 amide bonds. The van der Waals surface area contributed by atoms with Crippen molar-refractivity contribution in [3.05, 3.63) is 111 Å². The normalized spacial score (nSPS) is 16.9. The van der Waals surface area contributed by atoms with Gasteiger partial charge in [0.15, 0.2) is 0 Å². The molecular formula is C29H23BrN2O5. The van der Waals surface area contributed by atoms with Gasteiger partial charge in [-0.15, -0.1) is 0 Å². The van der Waals surface area contributed by atoms with E-state index in [1.165, 1.54) is 12.0 Å². The molecule has 8 heteroatoms. The number of aliphatic hydroxyl groups is 1.